The van der Waals surface area contributed by atoms with Gasteiger partial charge >= 0.3 is 0 Å². The van der Waals surface area contributed by atoms with Crippen LogP contribution in [-0.2, 0) is 12.8 Å². The maximum Gasteiger partial charge on any atom is 0.130 e. The van der Waals surface area contributed by atoms with Gasteiger partial charge in [-0.1, -0.05) is 55.4 Å². The molecule has 0 bridgehead atoms. The van der Waals surface area contributed by atoms with E-state index in [1.54, 1.807) is 0 Å². The van der Waals surface area contributed by atoms with Crippen LogP contribution >= 0.6 is 0 Å². The van der Waals surface area contributed by atoms with Crippen molar-refractivity contribution in [3.63, 3.8) is 0 Å². The predicted octanol–water partition coefficient (Wildman–Crippen LogP) is 6.11. The SMILES string of the molecule is C=C(O)c1c(CCC)ccc(C/C=C(\C)CCC=C(C)C)c1O. The zero-order valence-electron chi connectivity index (χ0n) is 14.9. The summed E-state index contributed by atoms with van der Waals surface area (Å²) in [5.74, 6) is 0.105. The molecule has 0 atom stereocenters. The van der Waals surface area contributed by atoms with Crippen molar-refractivity contribution in [2.45, 2.75) is 59.8 Å². The molecular weight excluding hydrogens is 284 g/mol. The fourth-order valence-electron chi connectivity index (χ4n) is 2.62. The molecule has 2 N–H and O–H groups in total. The van der Waals surface area contributed by atoms with Crippen molar-refractivity contribution in [1.82, 2.24) is 0 Å². The summed E-state index contributed by atoms with van der Waals surface area (Å²) < 4.78 is 0. The lowest BCUT2D eigenvalue weighted by atomic mass is 9.96. The van der Waals surface area contributed by atoms with Crippen LogP contribution in [0.1, 0.15) is 63.6 Å². The van der Waals surface area contributed by atoms with Gasteiger partial charge in [0.25, 0.3) is 0 Å². The van der Waals surface area contributed by atoms with Crippen LogP contribution in [0.5, 0.6) is 5.75 Å². The Balaban J connectivity index is 2.91. The minimum absolute atomic E-state index is 0.0583. The molecule has 0 amide bonds. The van der Waals surface area contributed by atoms with Crippen LogP contribution in [0.3, 0.4) is 0 Å². The Kier molecular flexibility index (Phi) is 7.67. The number of aromatic hydroxyl groups is 1. The van der Waals surface area contributed by atoms with Gasteiger partial charge in [0.05, 0.1) is 5.56 Å². The Hall–Kier alpha value is -1.96. The summed E-state index contributed by atoms with van der Waals surface area (Å²) >= 11 is 0. The molecule has 2 heteroatoms. The number of hydrogen-bond donors (Lipinski definition) is 2. The summed E-state index contributed by atoms with van der Waals surface area (Å²) in [5, 5.41) is 20.3. The van der Waals surface area contributed by atoms with Gasteiger partial charge in [-0.2, -0.15) is 0 Å². The number of aliphatic hydroxyl groups is 1. The number of aliphatic hydroxyl groups excluding tert-OH is 1. The van der Waals surface area contributed by atoms with Crippen LogP contribution in [0.15, 0.2) is 42.0 Å². The van der Waals surface area contributed by atoms with Crippen molar-refractivity contribution in [2.75, 3.05) is 0 Å². The highest BCUT2D eigenvalue weighted by Gasteiger charge is 2.14. The molecule has 0 fully saturated rings. The average molecular weight is 314 g/mol. The minimum atomic E-state index is -0.0583. The second-order valence-corrected chi connectivity index (χ2v) is 6.38. The molecule has 0 saturated heterocycles. The first-order valence-electron chi connectivity index (χ1n) is 8.37. The topological polar surface area (TPSA) is 40.5 Å². The van der Waals surface area contributed by atoms with E-state index >= 15 is 0 Å². The van der Waals surface area contributed by atoms with Crippen LogP contribution in [0.4, 0.5) is 0 Å². The molecule has 0 heterocycles. The van der Waals surface area contributed by atoms with Crippen molar-refractivity contribution in [3.05, 3.63) is 58.7 Å². The van der Waals surface area contributed by atoms with E-state index in [0.29, 0.717) is 12.0 Å². The van der Waals surface area contributed by atoms with Crippen molar-refractivity contribution in [1.29, 1.82) is 0 Å². The quantitative estimate of drug-likeness (QED) is 0.449. The van der Waals surface area contributed by atoms with Crippen molar-refractivity contribution >= 4 is 5.76 Å². The molecule has 0 aliphatic rings. The summed E-state index contributed by atoms with van der Waals surface area (Å²) in [6, 6.07) is 3.94. The van der Waals surface area contributed by atoms with Crippen molar-refractivity contribution < 1.29 is 10.2 Å². The Labute approximate surface area is 140 Å². The lowest BCUT2D eigenvalue weighted by Crippen LogP contribution is -1.97. The Bertz CT molecular complexity index is 603. The van der Waals surface area contributed by atoms with Crippen LogP contribution in [0, 0.1) is 0 Å². The average Bonchev–Trinajstić information content (AvgIpc) is 2.46. The van der Waals surface area contributed by atoms with E-state index in [4.69, 9.17) is 0 Å². The molecule has 2 nitrogen and oxygen atoms in total. The number of phenols is 1. The first kappa shape index (κ1) is 19.1. The van der Waals surface area contributed by atoms with E-state index < -0.39 is 0 Å². The normalized spacial score (nSPS) is 11.4. The predicted molar refractivity (Wildman–Crippen MR) is 99.9 cm³/mol. The monoisotopic (exact) mass is 314 g/mol. The zero-order chi connectivity index (χ0) is 17.4. The van der Waals surface area contributed by atoms with Crippen LogP contribution in [-0.4, -0.2) is 10.2 Å². The van der Waals surface area contributed by atoms with Gasteiger partial charge in [0, 0.05) is 0 Å². The number of hydrogen-bond acceptors (Lipinski definition) is 2. The number of rotatable bonds is 8. The first-order valence-corrected chi connectivity index (χ1v) is 8.37. The lowest BCUT2D eigenvalue weighted by Gasteiger charge is -2.13. The van der Waals surface area contributed by atoms with Gasteiger partial charge in [-0.3, -0.25) is 0 Å². The molecule has 1 aromatic carbocycles. The number of phenolic OH excluding ortho intramolecular Hbond substituents is 1. The van der Waals surface area contributed by atoms with Crippen molar-refractivity contribution in [3.8, 4) is 5.75 Å². The van der Waals surface area contributed by atoms with E-state index in [1.165, 1.54) is 11.1 Å². The molecule has 23 heavy (non-hydrogen) atoms. The Morgan fingerprint density at radius 2 is 1.78 bits per heavy atom. The van der Waals surface area contributed by atoms with Crippen LogP contribution in [0.2, 0.25) is 0 Å². The van der Waals surface area contributed by atoms with Crippen LogP contribution in [0.25, 0.3) is 5.76 Å². The molecule has 126 valence electrons. The van der Waals surface area contributed by atoms with Gasteiger partial charge in [-0.05, 0) is 57.6 Å². The summed E-state index contributed by atoms with van der Waals surface area (Å²) in [6.45, 7) is 12.0. The Morgan fingerprint density at radius 3 is 2.35 bits per heavy atom. The van der Waals surface area contributed by atoms with E-state index in [-0.39, 0.29) is 11.5 Å². The maximum absolute atomic E-state index is 10.5. The van der Waals surface area contributed by atoms with Crippen molar-refractivity contribution in [2.24, 2.45) is 0 Å². The van der Waals surface area contributed by atoms with Gasteiger partial charge in [-0.25, -0.2) is 0 Å². The fraction of sp³-hybridized carbons (Fsp3) is 0.429. The highest BCUT2D eigenvalue weighted by Crippen LogP contribution is 2.32. The van der Waals surface area contributed by atoms with Gasteiger partial charge in [0.2, 0.25) is 0 Å². The smallest absolute Gasteiger partial charge is 0.130 e. The van der Waals surface area contributed by atoms with E-state index in [1.807, 2.05) is 12.1 Å². The van der Waals surface area contributed by atoms with Gasteiger partial charge in [0.15, 0.2) is 0 Å². The summed E-state index contributed by atoms with van der Waals surface area (Å²) in [7, 11) is 0. The minimum Gasteiger partial charge on any atom is -0.508 e. The summed E-state index contributed by atoms with van der Waals surface area (Å²) in [4.78, 5) is 0. The highest BCUT2D eigenvalue weighted by atomic mass is 16.3. The zero-order valence-corrected chi connectivity index (χ0v) is 14.9. The second-order valence-electron chi connectivity index (χ2n) is 6.38. The third kappa shape index (κ3) is 5.97. The van der Waals surface area contributed by atoms with Gasteiger partial charge in [-0.15, -0.1) is 0 Å². The molecule has 0 aliphatic carbocycles. The summed E-state index contributed by atoms with van der Waals surface area (Å²) in [6.07, 6.45) is 8.91. The molecule has 0 saturated carbocycles. The molecule has 0 aromatic heterocycles. The maximum atomic E-state index is 10.5. The standard InChI is InChI=1S/C21H30O2/c1-6-8-18-13-14-19(21(23)20(18)17(5)22)12-11-16(4)10-7-9-15(2)3/h9,11,13-14,22-23H,5-8,10,12H2,1-4H3/b16-11+. The molecule has 0 radical (unpaired) electrons. The molecule has 1 rings (SSSR count). The molecule has 0 spiro atoms. The van der Waals surface area contributed by atoms with E-state index in [2.05, 4.69) is 46.4 Å². The number of aryl methyl sites for hydroxylation is 1. The highest BCUT2D eigenvalue weighted by molar-refractivity contribution is 5.68. The molecular formula is C21H30O2. The second kappa shape index (κ2) is 9.24. The molecule has 0 aliphatic heterocycles. The first-order chi connectivity index (χ1) is 10.9. The number of benzene rings is 1. The molecule has 1 aromatic rings. The molecule has 0 unspecified atom stereocenters. The van der Waals surface area contributed by atoms with Gasteiger partial charge in [0.1, 0.15) is 11.5 Å². The van der Waals surface area contributed by atoms with Gasteiger partial charge < -0.3 is 10.2 Å². The fourth-order valence-corrected chi connectivity index (χ4v) is 2.62. The number of allylic oxidation sites excluding steroid dienone is 4. The van der Waals surface area contributed by atoms with E-state index in [9.17, 15) is 10.2 Å². The third-order valence-electron chi connectivity index (χ3n) is 3.92. The summed E-state index contributed by atoms with van der Waals surface area (Å²) in [5.41, 5.74) is 4.93. The largest absolute Gasteiger partial charge is 0.508 e. The third-order valence-corrected chi connectivity index (χ3v) is 3.92. The van der Waals surface area contributed by atoms with Crippen LogP contribution < -0.4 is 0 Å². The van der Waals surface area contributed by atoms with E-state index in [0.717, 1.165) is 36.8 Å². The lowest BCUT2D eigenvalue weighted by molar-refractivity contribution is 0.454. The Morgan fingerprint density at radius 1 is 1.13 bits per heavy atom.